The van der Waals surface area contributed by atoms with Crippen molar-refractivity contribution in [3.8, 4) is 16.9 Å². The second-order valence-electron chi connectivity index (χ2n) is 8.61. The van der Waals surface area contributed by atoms with E-state index in [1.54, 1.807) is 0 Å². The van der Waals surface area contributed by atoms with Gasteiger partial charge in [-0.3, -0.25) is 4.90 Å². The van der Waals surface area contributed by atoms with Crippen LogP contribution in [0.2, 0.25) is 0 Å². The van der Waals surface area contributed by atoms with Gasteiger partial charge < -0.3 is 19.7 Å². The average Bonchev–Trinajstić information content (AvgIpc) is 3.15. The molecule has 0 aromatic heterocycles. The monoisotopic (exact) mass is 419 g/mol. The fraction of sp³-hybridized carbons (Fsp3) is 0.385. The van der Waals surface area contributed by atoms with Gasteiger partial charge in [-0.2, -0.15) is 0 Å². The molecule has 2 heterocycles. The van der Waals surface area contributed by atoms with Crippen molar-refractivity contribution in [3.05, 3.63) is 66.2 Å². The number of morpholine rings is 1. The summed E-state index contributed by atoms with van der Waals surface area (Å²) in [6.07, 6.45) is 2.36. The quantitative estimate of drug-likeness (QED) is 0.613. The Bertz CT molecular complexity index is 1040. The Kier molecular flexibility index (Phi) is 5.92. The molecule has 0 aliphatic carbocycles. The van der Waals surface area contributed by atoms with Gasteiger partial charge in [0.05, 0.1) is 18.8 Å². The minimum absolute atomic E-state index is 0.00179. The molecule has 0 saturated carbocycles. The zero-order chi connectivity index (χ0) is 21.2. The van der Waals surface area contributed by atoms with Gasteiger partial charge in [0, 0.05) is 25.0 Å². The molecule has 0 amide bonds. The van der Waals surface area contributed by atoms with Crippen LogP contribution in [0.3, 0.4) is 0 Å². The van der Waals surface area contributed by atoms with E-state index in [9.17, 15) is 10.2 Å². The molecule has 5 heteroatoms. The lowest BCUT2D eigenvalue weighted by Gasteiger charge is -2.33. The molecule has 2 fully saturated rings. The Balaban J connectivity index is 1.33. The van der Waals surface area contributed by atoms with Crippen molar-refractivity contribution >= 4 is 10.8 Å². The number of β-amino-alcohol motifs (C(OH)–C–C–N with tert-alkyl or cyclic N) is 1. The zero-order valence-corrected chi connectivity index (χ0v) is 17.6. The molecule has 162 valence electrons. The number of aliphatic hydroxyl groups excluding tert-OH is 2. The lowest BCUT2D eigenvalue weighted by atomic mass is 9.94. The molecular formula is C26H29NO4. The Hall–Kier alpha value is -2.44. The molecule has 1 unspecified atom stereocenters. The van der Waals surface area contributed by atoms with Crippen molar-refractivity contribution in [1.29, 1.82) is 0 Å². The third-order valence-corrected chi connectivity index (χ3v) is 6.38. The minimum atomic E-state index is -0.550. The maximum Gasteiger partial charge on any atom is 0.127 e. The van der Waals surface area contributed by atoms with Crippen LogP contribution < -0.4 is 4.74 Å². The fourth-order valence-electron chi connectivity index (χ4n) is 4.94. The van der Waals surface area contributed by atoms with Crippen molar-refractivity contribution in [2.45, 2.75) is 37.8 Å². The van der Waals surface area contributed by atoms with Crippen molar-refractivity contribution in [1.82, 2.24) is 4.90 Å². The van der Waals surface area contributed by atoms with E-state index < -0.39 is 6.10 Å². The highest BCUT2D eigenvalue weighted by Crippen LogP contribution is 2.36. The highest BCUT2D eigenvalue weighted by molar-refractivity contribution is 6.00. The van der Waals surface area contributed by atoms with Gasteiger partial charge in [-0.25, -0.2) is 0 Å². The zero-order valence-electron chi connectivity index (χ0n) is 17.6. The number of nitrogens with zero attached hydrogens (tertiary/aromatic N) is 1. The summed E-state index contributed by atoms with van der Waals surface area (Å²) in [5.41, 5.74) is 2.99. The smallest absolute Gasteiger partial charge is 0.127 e. The third kappa shape index (κ3) is 4.32. The van der Waals surface area contributed by atoms with E-state index in [0.717, 1.165) is 59.1 Å². The Morgan fingerprint density at radius 1 is 0.903 bits per heavy atom. The average molecular weight is 420 g/mol. The summed E-state index contributed by atoms with van der Waals surface area (Å²) in [7, 11) is 0. The standard InChI is InChI=1S/C26H29NO4/c28-16-18-5-1-2-6-22(18)24-11-12-26(25-8-4-3-7-23(24)25)30-17-19(29)13-27-14-20-9-10-21(15-27)31-20/h1-8,11-12,19-21,28-29H,9-10,13-17H2/t19?,20-,21+. The molecule has 2 aliphatic heterocycles. The molecule has 0 radical (unpaired) electrons. The van der Waals surface area contributed by atoms with Crippen LogP contribution in [-0.2, 0) is 11.3 Å². The predicted molar refractivity (Wildman–Crippen MR) is 121 cm³/mol. The number of hydrogen-bond donors (Lipinski definition) is 2. The van der Waals surface area contributed by atoms with Gasteiger partial charge in [-0.05, 0) is 41.0 Å². The molecule has 3 aromatic carbocycles. The normalized spacial score (nSPS) is 22.0. The van der Waals surface area contributed by atoms with Gasteiger partial charge >= 0.3 is 0 Å². The molecule has 2 N–H and O–H groups in total. The Morgan fingerprint density at radius 2 is 1.61 bits per heavy atom. The van der Waals surface area contributed by atoms with E-state index in [1.165, 1.54) is 0 Å². The van der Waals surface area contributed by atoms with Crippen LogP contribution in [-0.4, -0.2) is 59.7 Å². The molecule has 0 spiro atoms. The summed E-state index contributed by atoms with van der Waals surface area (Å²) in [4.78, 5) is 2.30. The number of ether oxygens (including phenoxy) is 2. The largest absolute Gasteiger partial charge is 0.490 e. The summed E-state index contributed by atoms with van der Waals surface area (Å²) in [6.45, 7) is 2.66. The molecule has 2 bridgehead atoms. The number of hydrogen-bond acceptors (Lipinski definition) is 5. The maximum atomic E-state index is 10.6. The van der Waals surface area contributed by atoms with E-state index in [0.29, 0.717) is 18.8 Å². The summed E-state index contributed by atoms with van der Waals surface area (Å²) in [5.74, 6) is 0.766. The van der Waals surface area contributed by atoms with Crippen molar-refractivity contribution < 1.29 is 19.7 Å². The first kappa shape index (κ1) is 20.5. The predicted octanol–water partition coefficient (Wildman–Crippen LogP) is 3.60. The summed E-state index contributed by atoms with van der Waals surface area (Å²) in [6, 6.07) is 20.0. The van der Waals surface area contributed by atoms with E-state index in [4.69, 9.17) is 9.47 Å². The SMILES string of the molecule is OCc1ccccc1-c1ccc(OCC(O)CN2C[C@H]3CC[C@@H](C2)O3)c2ccccc12. The van der Waals surface area contributed by atoms with Crippen LogP contribution in [0.1, 0.15) is 18.4 Å². The Labute approximate surface area is 182 Å². The number of benzene rings is 3. The maximum absolute atomic E-state index is 10.6. The van der Waals surface area contributed by atoms with E-state index in [2.05, 4.69) is 11.0 Å². The molecule has 3 aromatic rings. The van der Waals surface area contributed by atoms with Gasteiger partial charge in [0.15, 0.2) is 0 Å². The number of aliphatic hydroxyl groups is 2. The summed E-state index contributed by atoms with van der Waals surface area (Å²) >= 11 is 0. The highest BCUT2D eigenvalue weighted by Gasteiger charge is 2.34. The van der Waals surface area contributed by atoms with Crippen LogP contribution in [0.25, 0.3) is 21.9 Å². The first-order valence-electron chi connectivity index (χ1n) is 11.1. The van der Waals surface area contributed by atoms with Crippen LogP contribution >= 0.6 is 0 Å². The van der Waals surface area contributed by atoms with Crippen LogP contribution in [0.5, 0.6) is 5.75 Å². The first-order valence-corrected chi connectivity index (χ1v) is 11.1. The Morgan fingerprint density at radius 3 is 2.39 bits per heavy atom. The molecule has 3 atom stereocenters. The highest BCUT2D eigenvalue weighted by atomic mass is 16.5. The lowest BCUT2D eigenvalue weighted by Crippen LogP contribution is -2.46. The molecule has 5 rings (SSSR count). The van der Waals surface area contributed by atoms with Gasteiger partial charge in [-0.1, -0.05) is 54.6 Å². The molecular weight excluding hydrogens is 390 g/mol. The van der Waals surface area contributed by atoms with Crippen LogP contribution in [0.4, 0.5) is 0 Å². The second kappa shape index (κ2) is 8.97. The fourth-order valence-corrected chi connectivity index (χ4v) is 4.94. The van der Waals surface area contributed by atoms with Gasteiger partial charge in [0.2, 0.25) is 0 Å². The van der Waals surface area contributed by atoms with Gasteiger partial charge in [0.25, 0.3) is 0 Å². The van der Waals surface area contributed by atoms with Crippen LogP contribution in [0, 0.1) is 0 Å². The molecule has 5 nitrogen and oxygen atoms in total. The first-order chi connectivity index (χ1) is 15.2. The van der Waals surface area contributed by atoms with Gasteiger partial charge in [0.1, 0.15) is 18.5 Å². The molecule has 2 aliphatic rings. The molecule has 31 heavy (non-hydrogen) atoms. The van der Waals surface area contributed by atoms with Crippen molar-refractivity contribution in [2.75, 3.05) is 26.2 Å². The van der Waals surface area contributed by atoms with Crippen molar-refractivity contribution in [2.24, 2.45) is 0 Å². The van der Waals surface area contributed by atoms with Crippen LogP contribution in [0.15, 0.2) is 60.7 Å². The van der Waals surface area contributed by atoms with E-state index >= 15 is 0 Å². The van der Waals surface area contributed by atoms with Crippen molar-refractivity contribution in [3.63, 3.8) is 0 Å². The second-order valence-corrected chi connectivity index (χ2v) is 8.61. The topological polar surface area (TPSA) is 62.2 Å². The third-order valence-electron chi connectivity index (χ3n) is 6.38. The van der Waals surface area contributed by atoms with Gasteiger partial charge in [-0.15, -0.1) is 0 Å². The van der Waals surface area contributed by atoms with E-state index in [1.807, 2.05) is 54.6 Å². The summed E-state index contributed by atoms with van der Waals surface area (Å²) in [5, 5.41) is 22.4. The molecule has 2 saturated heterocycles. The number of likely N-dealkylation sites (tertiary alicyclic amines) is 1. The lowest BCUT2D eigenvalue weighted by molar-refractivity contribution is -0.0528. The van der Waals surface area contributed by atoms with E-state index in [-0.39, 0.29) is 13.2 Å². The minimum Gasteiger partial charge on any atom is -0.490 e. The number of rotatable bonds is 7. The summed E-state index contributed by atoms with van der Waals surface area (Å²) < 4.78 is 12.0. The number of fused-ring (bicyclic) bond motifs is 3.